The fraction of sp³-hybridized carbons (Fsp3) is 0.788. The molecule has 0 aromatic carbocycles. The van der Waals surface area contributed by atoms with Crippen molar-refractivity contribution in [3.8, 4) is 0 Å². The summed E-state index contributed by atoms with van der Waals surface area (Å²) < 4.78 is 35.0. The molecule has 11 nitrogen and oxygen atoms in total. The number of carbonyl (C=O) groups excluding carboxylic acids is 5. The first kappa shape index (κ1) is 32.6. The molecule has 0 bridgehead atoms. The second-order valence-electron chi connectivity index (χ2n) is 13.8. The number of hydrogen-bond donors (Lipinski definition) is 0. The van der Waals surface area contributed by atoms with E-state index < -0.39 is 54.6 Å². The number of esters is 4. The molecular weight excluding hydrogens is 572 g/mol. The Morgan fingerprint density at radius 3 is 2.11 bits per heavy atom. The van der Waals surface area contributed by atoms with E-state index in [4.69, 9.17) is 28.4 Å². The van der Waals surface area contributed by atoms with Crippen LogP contribution in [0.1, 0.15) is 92.9 Å². The van der Waals surface area contributed by atoms with Crippen LogP contribution in [0.2, 0.25) is 0 Å². The van der Waals surface area contributed by atoms with Crippen molar-refractivity contribution in [2.24, 2.45) is 28.6 Å². The van der Waals surface area contributed by atoms with Gasteiger partial charge in [-0.1, -0.05) is 19.4 Å². The first-order chi connectivity index (χ1) is 20.7. The highest BCUT2D eigenvalue weighted by Crippen LogP contribution is 2.65. The minimum absolute atomic E-state index is 0.0525. The van der Waals surface area contributed by atoms with Crippen molar-refractivity contribution in [1.29, 1.82) is 0 Å². The van der Waals surface area contributed by atoms with Gasteiger partial charge in [0, 0.05) is 34.1 Å². The van der Waals surface area contributed by atoms with Gasteiger partial charge < -0.3 is 28.4 Å². The van der Waals surface area contributed by atoms with Gasteiger partial charge in [-0.2, -0.15) is 0 Å². The number of carbonyl (C=O) groups is 5. The van der Waals surface area contributed by atoms with Crippen molar-refractivity contribution in [3.63, 3.8) is 0 Å². The van der Waals surface area contributed by atoms with E-state index >= 15 is 0 Å². The maximum atomic E-state index is 12.3. The molecule has 244 valence electrons. The molecule has 3 saturated carbocycles. The number of rotatable bonds is 7. The van der Waals surface area contributed by atoms with Gasteiger partial charge in [0.1, 0.15) is 12.7 Å². The molecule has 0 radical (unpaired) electrons. The van der Waals surface area contributed by atoms with Crippen LogP contribution in [0.15, 0.2) is 11.6 Å². The summed E-state index contributed by atoms with van der Waals surface area (Å²) in [4.78, 5) is 60.5. The number of ketones is 1. The fourth-order valence-corrected chi connectivity index (χ4v) is 9.19. The van der Waals surface area contributed by atoms with Gasteiger partial charge in [-0.05, 0) is 79.6 Å². The average Bonchev–Trinajstić information content (AvgIpc) is 3.26. The Hall–Kier alpha value is -2.79. The van der Waals surface area contributed by atoms with Crippen molar-refractivity contribution in [1.82, 2.24) is 0 Å². The molecule has 0 amide bonds. The van der Waals surface area contributed by atoms with Crippen molar-refractivity contribution in [3.05, 3.63) is 11.6 Å². The molecule has 0 aromatic rings. The first-order valence-electron chi connectivity index (χ1n) is 15.9. The summed E-state index contributed by atoms with van der Waals surface area (Å²) in [6.45, 7) is 9.21. The van der Waals surface area contributed by atoms with Gasteiger partial charge in [0.05, 0.1) is 6.10 Å². The van der Waals surface area contributed by atoms with Crippen LogP contribution in [0.25, 0.3) is 0 Å². The minimum Gasteiger partial charge on any atom is -0.463 e. The Morgan fingerprint density at radius 1 is 0.795 bits per heavy atom. The van der Waals surface area contributed by atoms with E-state index in [2.05, 4.69) is 13.8 Å². The summed E-state index contributed by atoms with van der Waals surface area (Å²) in [5, 5.41) is 0. The van der Waals surface area contributed by atoms with Crippen LogP contribution in [0.4, 0.5) is 0 Å². The molecule has 5 aliphatic rings. The lowest BCUT2D eigenvalue weighted by molar-refractivity contribution is -0.324. The maximum absolute atomic E-state index is 12.3. The summed E-state index contributed by atoms with van der Waals surface area (Å²) in [5.74, 6) is -0.885. The lowest BCUT2D eigenvalue weighted by Crippen LogP contribution is -2.63. The van der Waals surface area contributed by atoms with Crippen molar-refractivity contribution in [2.45, 2.75) is 130 Å². The molecule has 11 heteroatoms. The normalized spacial score (nSPS) is 41.3. The first-order valence-corrected chi connectivity index (χ1v) is 15.9. The number of allylic oxidation sites excluding steroid dienone is 1. The summed E-state index contributed by atoms with van der Waals surface area (Å²) >= 11 is 0. The quantitative estimate of drug-likeness (QED) is 0.302. The molecule has 0 N–H and O–H groups in total. The summed E-state index contributed by atoms with van der Waals surface area (Å²) in [6, 6.07) is 0. The van der Waals surface area contributed by atoms with Gasteiger partial charge in [0.2, 0.25) is 0 Å². The average molecular weight is 619 g/mol. The van der Waals surface area contributed by atoms with Gasteiger partial charge in [-0.25, -0.2) is 0 Å². The zero-order chi connectivity index (χ0) is 32.0. The molecule has 44 heavy (non-hydrogen) atoms. The zero-order valence-corrected chi connectivity index (χ0v) is 26.6. The molecule has 1 aliphatic heterocycles. The third-order valence-corrected chi connectivity index (χ3v) is 11.1. The Kier molecular flexibility index (Phi) is 9.29. The lowest BCUT2D eigenvalue weighted by atomic mass is 9.47. The third-order valence-electron chi connectivity index (χ3n) is 11.1. The highest BCUT2D eigenvalue weighted by atomic mass is 16.7. The van der Waals surface area contributed by atoms with Crippen molar-refractivity contribution >= 4 is 29.7 Å². The zero-order valence-electron chi connectivity index (χ0n) is 26.6. The molecule has 11 atom stereocenters. The Morgan fingerprint density at radius 2 is 1.45 bits per heavy atom. The van der Waals surface area contributed by atoms with Gasteiger partial charge in [0.15, 0.2) is 30.4 Å². The lowest BCUT2D eigenvalue weighted by Gasteiger charge is -2.58. The topological polar surface area (TPSA) is 141 Å². The van der Waals surface area contributed by atoms with E-state index in [1.807, 2.05) is 6.08 Å². The highest BCUT2D eigenvalue weighted by molar-refractivity contribution is 5.91. The van der Waals surface area contributed by atoms with Crippen molar-refractivity contribution in [2.75, 3.05) is 6.61 Å². The van der Waals surface area contributed by atoms with Crippen LogP contribution < -0.4 is 0 Å². The smallest absolute Gasteiger partial charge is 0.303 e. The van der Waals surface area contributed by atoms with Crippen LogP contribution in [-0.2, 0) is 52.4 Å². The van der Waals surface area contributed by atoms with E-state index in [1.165, 1.54) is 33.3 Å². The van der Waals surface area contributed by atoms with Crippen LogP contribution in [-0.4, -0.2) is 73.1 Å². The number of hydrogen-bond acceptors (Lipinski definition) is 11. The standard InChI is InChI=1S/C33H46O11/c1-17(34)39-16-26-28(40-18(2)35)29(41-19(3)36)30(42-20(4)37)31(43-26)44-27-10-9-24-23-8-7-21-15-22(38)11-13-32(21,5)25(23)12-14-33(24,27)6/h15,23-31H,7-14,16H2,1-6H3/t23-,24-,25-,26+,27-,28+,29-,30+,31?,32-,33-/m0/s1. The summed E-state index contributed by atoms with van der Waals surface area (Å²) in [7, 11) is 0. The van der Waals surface area contributed by atoms with Gasteiger partial charge in [-0.3, -0.25) is 24.0 Å². The number of fused-ring (bicyclic) bond motifs is 5. The van der Waals surface area contributed by atoms with E-state index in [0.29, 0.717) is 24.2 Å². The predicted molar refractivity (Wildman–Crippen MR) is 154 cm³/mol. The van der Waals surface area contributed by atoms with Crippen LogP contribution in [0.5, 0.6) is 0 Å². The van der Waals surface area contributed by atoms with Crippen LogP contribution in [0.3, 0.4) is 0 Å². The Labute approximate surface area is 258 Å². The van der Waals surface area contributed by atoms with Gasteiger partial charge >= 0.3 is 23.9 Å². The van der Waals surface area contributed by atoms with E-state index in [9.17, 15) is 24.0 Å². The molecule has 5 rings (SSSR count). The molecule has 0 spiro atoms. The summed E-state index contributed by atoms with van der Waals surface area (Å²) in [5.41, 5.74) is 1.20. The highest BCUT2D eigenvalue weighted by Gasteiger charge is 2.61. The molecule has 1 heterocycles. The van der Waals surface area contributed by atoms with Crippen LogP contribution >= 0.6 is 0 Å². The predicted octanol–water partition coefficient (Wildman–Crippen LogP) is 3.99. The Balaban J connectivity index is 1.41. The van der Waals surface area contributed by atoms with Crippen molar-refractivity contribution < 1.29 is 52.4 Å². The SMILES string of the molecule is CC(=O)OC[C@H]1OC(O[C@H]2CC[C@H]3[C@@H]4CCC5=CC(=O)CC[C@]5(C)[C@H]4CC[C@]23C)[C@H](OC(C)=O)[C@@H](OC(C)=O)[C@@H]1OC(C)=O. The van der Waals surface area contributed by atoms with E-state index in [-0.39, 0.29) is 29.3 Å². The third kappa shape index (κ3) is 6.18. The molecule has 4 fully saturated rings. The largest absolute Gasteiger partial charge is 0.463 e. The van der Waals surface area contributed by atoms with Gasteiger partial charge in [0.25, 0.3) is 0 Å². The molecule has 1 saturated heterocycles. The minimum atomic E-state index is -1.25. The summed E-state index contributed by atoms with van der Waals surface area (Å²) in [6.07, 6.45) is 2.99. The fourth-order valence-electron chi connectivity index (χ4n) is 9.19. The number of ether oxygens (including phenoxy) is 6. The second-order valence-corrected chi connectivity index (χ2v) is 13.8. The molecule has 4 aliphatic carbocycles. The maximum Gasteiger partial charge on any atom is 0.303 e. The molecule has 1 unspecified atom stereocenters. The molecular formula is C33H46O11. The van der Waals surface area contributed by atoms with Gasteiger partial charge in [-0.15, -0.1) is 0 Å². The van der Waals surface area contributed by atoms with Crippen LogP contribution in [0, 0.1) is 28.6 Å². The van der Waals surface area contributed by atoms with E-state index in [0.717, 1.165) is 44.9 Å². The second kappa shape index (κ2) is 12.5. The Bertz CT molecular complexity index is 1210. The van der Waals surface area contributed by atoms with E-state index in [1.54, 1.807) is 0 Å². The monoisotopic (exact) mass is 618 g/mol. The molecule has 0 aromatic heterocycles.